The highest BCUT2D eigenvalue weighted by atomic mass is 32.1. The summed E-state index contributed by atoms with van der Waals surface area (Å²) in [5.41, 5.74) is 3.76. The van der Waals surface area contributed by atoms with Gasteiger partial charge in [-0.15, -0.1) is 0 Å². The summed E-state index contributed by atoms with van der Waals surface area (Å²) in [7, 11) is 1.56. The fourth-order valence-electron chi connectivity index (χ4n) is 1.74. The SMILES string of the molecule is COc1cc(CNCc2cscc2C)ccc1O. The van der Waals surface area contributed by atoms with Crippen LogP contribution in [0.3, 0.4) is 0 Å². The minimum Gasteiger partial charge on any atom is -0.504 e. The normalized spacial score (nSPS) is 10.6. The highest BCUT2D eigenvalue weighted by Crippen LogP contribution is 2.26. The van der Waals surface area contributed by atoms with Crippen LogP contribution in [0, 0.1) is 6.92 Å². The van der Waals surface area contributed by atoms with Crippen molar-refractivity contribution in [2.45, 2.75) is 20.0 Å². The van der Waals surface area contributed by atoms with E-state index in [4.69, 9.17) is 4.74 Å². The summed E-state index contributed by atoms with van der Waals surface area (Å²) < 4.78 is 5.08. The van der Waals surface area contributed by atoms with Crippen molar-refractivity contribution in [3.05, 3.63) is 45.6 Å². The number of thiophene rings is 1. The molecule has 18 heavy (non-hydrogen) atoms. The standard InChI is InChI=1S/C14H17NO2S/c1-10-8-18-9-12(10)7-15-6-11-3-4-13(16)14(5-11)17-2/h3-5,8-9,15-16H,6-7H2,1-2H3. The molecule has 0 atom stereocenters. The lowest BCUT2D eigenvalue weighted by molar-refractivity contribution is 0.373. The molecule has 0 radical (unpaired) electrons. The maximum absolute atomic E-state index is 9.50. The molecule has 0 bridgehead atoms. The van der Waals surface area contributed by atoms with Gasteiger partial charge in [0.2, 0.25) is 0 Å². The van der Waals surface area contributed by atoms with Crippen LogP contribution in [0.5, 0.6) is 11.5 Å². The molecule has 0 unspecified atom stereocenters. The monoisotopic (exact) mass is 263 g/mol. The van der Waals surface area contributed by atoms with Crippen molar-refractivity contribution in [3.63, 3.8) is 0 Å². The van der Waals surface area contributed by atoms with Crippen LogP contribution in [0.25, 0.3) is 0 Å². The second-order valence-corrected chi connectivity index (χ2v) is 4.93. The highest BCUT2D eigenvalue weighted by molar-refractivity contribution is 7.08. The lowest BCUT2D eigenvalue weighted by Gasteiger charge is -2.08. The number of rotatable bonds is 5. The van der Waals surface area contributed by atoms with Crippen molar-refractivity contribution in [1.82, 2.24) is 5.32 Å². The fraction of sp³-hybridized carbons (Fsp3) is 0.286. The van der Waals surface area contributed by atoms with E-state index in [0.717, 1.165) is 18.7 Å². The smallest absolute Gasteiger partial charge is 0.160 e. The largest absolute Gasteiger partial charge is 0.504 e. The predicted octanol–water partition coefficient (Wildman–Crippen LogP) is 3.06. The summed E-state index contributed by atoms with van der Waals surface area (Å²) in [4.78, 5) is 0. The molecule has 2 rings (SSSR count). The first-order chi connectivity index (χ1) is 8.70. The number of aryl methyl sites for hydroxylation is 1. The van der Waals surface area contributed by atoms with Crippen LogP contribution in [0.4, 0.5) is 0 Å². The maximum atomic E-state index is 9.50. The van der Waals surface area contributed by atoms with Crippen LogP contribution in [0.2, 0.25) is 0 Å². The number of methoxy groups -OCH3 is 1. The van der Waals surface area contributed by atoms with Crippen molar-refractivity contribution in [3.8, 4) is 11.5 Å². The molecular weight excluding hydrogens is 246 g/mol. The predicted molar refractivity (Wildman–Crippen MR) is 74.3 cm³/mol. The molecule has 0 fully saturated rings. The van der Waals surface area contributed by atoms with E-state index in [2.05, 4.69) is 23.0 Å². The molecule has 1 heterocycles. The third-order valence-corrected chi connectivity index (χ3v) is 3.76. The van der Waals surface area contributed by atoms with Gasteiger partial charge in [-0.25, -0.2) is 0 Å². The molecule has 96 valence electrons. The fourth-order valence-corrected chi connectivity index (χ4v) is 2.60. The van der Waals surface area contributed by atoms with Crippen LogP contribution >= 0.6 is 11.3 Å². The van der Waals surface area contributed by atoms with Gasteiger partial charge in [0.05, 0.1) is 7.11 Å². The number of ether oxygens (including phenoxy) is 1. The molecule has 0 aliphatic carbocycles. The second-order valence-electron chi connectivity index (χ2n) is 4.19. The number of hydrogen-bond donors (Lipinski definition) is 2. The van der Waals surface area contributed by atoms with E-state index in [1.807, 2.05) is 12.1 Å². The van der Waals surface area contributed by atoms with Crippen LogP contribution in [-0.2, 0) is 13.1 Å². The maximum Gasteiger partial charge on any atom is 0.160 e. The molecule has 2 N–H and O–H groups in total. The van der Waals surface area contributed by atoms with Crippen LogP contribution in [0.1, 0.15) is 16.7 Å². The minimum atomic E-state index is 0.176. The van der Waals surface area contributed by atoms with Crippen molar-refractivity contribution in [1.29, 1.82) is 0 Å². The molecule has 4 heteroatoms. The molecule has 1 aromatic heterocycles. The molecule has 0 aliphatic rings. The summed E-state index contributed by atoms with van der Waals surface area (Å²) in [5, 5.41) is 17.2. The Hall–Kier alpha value is -1.52. The van der Waals surface area contributed by atoms with E-state index in [9.17, 15) is 5.11 Å². The quantitative estimate of drug-likeness (QED) is 0.871. The average Bonchev–Trinajstić information content (AvgIpc) is 2.77. The Morgan fingerprint density at radius 3 is 2.78 bits per heavy atom. The van der Waals surface area contributed by atoms with E-state index >= 15 is 0 Å². The number of phenolic OH excluding ortho intramolecular Hbond substituents is 1. The minimum absolute atomic E-state index is 0.176. The Morgan fingerprint density at radius 1 is 1.28 bits per heavy atom. The van der Waals surface area contributed by atoms with Gasteiger partial charge >= 0.3 is 0 Å². The van der Waals surface area contributed by atoms with E-state index in [0.29, 0.717) is 5.75 Å². The first-order valence-corrected chi connectivity index (χ1v) is 6.73. The molecule has 0 spiro atoms. The van der Waals surface area contributed by atoms with Crippen LogP contribution in [-0.4, -0.2) is 12.2 Å². The molecule has 0 saturated heterocycles. The van der Waals surface area contributed by atoms with Gasteiger partial charge in [0.1, 0.15) is 0 Å². The van der Waals surface area contributed by atoms with Crippen molar-refractivity contribution >= 4 is 11.3 Å². The molecule has 0 saturated carbocycles. The second kappa shape index (κ2) is 5.89. The van der Waals surface area contributed by atoms with Crippen molar-refractivity contribution in [2.24, 2.45) is 0 Å². The van der Waals surface area contributed by atoms with Gasteiger partial charge in [-0.3, -0.25) is 0 Å². The molecule has 0 aliphatic heterocycles. The first-order valence-electron chi connectivity index (χ1n) is 5.79. The Kier molecular flexibility index (Phi) is 4.23. The lowest BCUT2D eigenvalue weighted by Crippen LogP contribution is -2.12. The Labute approximate surface area is 111 Å². The number of aromatic hydroxyl groups is 1. The summed E-state index contributed by atoms with van der Waals surface area (Å²) in [6.45, 7) is 3.74. The van der Waals surface area contributed by atoms with Gasteiger partial charge in [-0.05, 0) is 46.5 Å². The summed E-state index contributed by atoms with van der Waals surface area (Å²) >= 11 is 1.73. The van der Waals surface area contributed by atoms with Gasteiger partial charge in [-0.2, -0.15) is 11.3 Å². The number of hydrogen-bond acceptors (Lipinski definition) is 4. The summed E-state index contributed by atoms with van der Waals surface area (Å²) in [6, 6.07) is 5.40. The third-order valence-electron chi connectivity index (χ3n) is 2.85. The van der Waals surface area contributed by atoms with Gasteiger partial charge in [0, 0.05) is 13.1 Å². The zero-order valence-electron chi connectivity index (χ0n) is 10.6. The van der Waals surface area contributed by atoms with Crippen LogP contribution in [0.15, 0.2) is 29.0 Å². The van der Waals surface area contributed by atoms with Crippen molar-refractivity contribution < 1.29 is 9.84 Å². The van der Waals surface area contributed by atoms with Gasteiger partial charge in [0.15, 0.2) is 11.5 Å². The Balaban J connectivity index is 1.92. The van der Waals surface area contributed by atoms with Crippen LogP contribution < -0.4 is 10.1 Å². The van der Waals surface area contributed by atoms with Gasteiger partial charge in [0.25, 0.3) is 0 Å². The van der Waals surface area contributed by atoms with E-state index in [1.54, 1.807) is 24.5 Å². The Morgan fingerprint density at radius 2 is 2.11 bits per heavy atom. The first kappa shape index (κ1) is 12.9. The summed E-state index contributed by atoms with van der Waals surface area (Å²) in [5.74, 6) is 0.691. The molecule has 1 aromatic carbocycles. The van der Waals surface area contributed by atoms with E-state index in [-0.39, 0.29) is 5.75 Å². The zero-order valence-corrected chi connectivity index (χ0v) is 11.4. The third kappa shape index (κ3) is 3.03. The topological polar surface area (TPSA) is 41.5 Å². The molecular formula is C14H17NO2S. The van der Waals surface area contributed by atoms with Gasteiger partial charge < -0.3 is 15.2 Å². The molecule has 3 nitrogen and oxygen atoms in total. The number of phenols is 1. The van der Waals surface area contributed by atoms with Gasteiger partial charge in [-0.1, -0.05) is 6.07 Å². The average molecular weight is 263 g/mol. The van der Waals surface area contributed by atoms with E-state index in [1.165, 1.54) is 11.1 Å². The highest BCUT2D eigenvalue weighted by Gasteiger charge is 2.03. The number of nitrogens with one attached hydrogen (secondary N) is 1. The number of benzene rings is 1. The molecule has 2 aromatic rings. The zero-order chi connectivity index (χ0) is 13.0. The van der Waals surface area contributed by atoms with E-state index < -0.39 is 0 Å². The Bertz CT molecular complexity index is 522. The molecule has 0 amide bonds. The lowest BCUT2D eigenvalue weighted by atomic mass is 10.2. The summed E-state index contributed by atoms with van der Waals surface area (Å²) in [6.07, 6.45) is 0. The van der Waals surface area contributed by atoms with Crippen molar-refractivity contribution in [2.75, 3.05) is 7.11 Å².